The van der Waals surface area contributed by atoms with E-state index in [4.69, 9.17) is 4.74 Å². The fraction of sp³-hybridized carbons (Fsp3) is 0.474. The summed E-state index contributed by atoms with van der Waals surface area (Å²) in [6, 6.07) is 7.09. The van der Waals surface area contributed by atoms with Gasteiger partial charge in [-0.25, -0.2) is 9.48 Å². The second-order valence-electron chi connectivity index (χ2n) is 7.39. The molecule has 9 nitrogen and oxygen atoms in total. The third-order valence-corrected chi connectivity index (χ3v) is 5.42. The number of likely N-dealkylation sites (N-methyl/N-ethyl adjacent to an activating group) is 1. The van der Waals surface area contributed by atoms with Crippen molar-refractivity contribution in [2.24, 2.45) is 0 Å². The molecule has 1 aromatic carbocycles. The van der Waals surface area contributed by atoms with Crippen LogP contribution in [0.4, 0.5) is 4.79 Å². The number of rotatable bonds is 3. The van der Waals surface area contributed by atoms with Crippen molar-refractivity contribution in [2.75, 3.05) is 39.8 Å². The molecule has 1 N–H and O–H groups in total. The molecule has 3 heterocycles. The highest BCUT2D eigenvalue weighted by Gasteiger charge is 2.45. The maximum atomic E-state index is 12.5. The predicted molar refractivity (Wildman–Crippen MR) is 102 cm³/mol. The molecular weight excluding hydrogens is 362 g/mol. The molecule has 1 aromatic heterocycles. The van der Waals surface area contributed by atoms with Crippen LogP contribution in [0, 0.1) is 0 Å². The number of nitrogens with zero attached hydrogens (tertiary/aromatic N) is 4. The van der Waals surface area contributed by atoms with E-state index in [2.05, 4.69) is 10.4 Å². The van der Waals surface area contributed by atoms with Gasteiger partial charge in [0.2, 0.25) is 5.91 Å². The maximum absolute atomic E-state index is 12.5. The Bertz CT molecular complexity index is 974. The summed E-state index contributed by atoms with van der Waals surface area (Å²) >= 11 is 0. The van der Waals surface area contributed by atoms with Gasteiger partial charge in [-0.3, -0.25) is 9.59 Å². The number of nitrogens with one attached hydrogen (secondary N) is 1. The zero-order valence-electron chi connectivity index (χ0n) is 15.8. The van der Waals surface area contributed by atoms with Gasteiger partial charge in [0.15, 0.2) is 0 Å². The molecule has 2 aliphatic rings. The Morgan fingerprint density at radius 1 is 1.29 bits per heavy atom. The molecule has 1 spiro atoms. The van der Waals surface area contributed by atoms with E-state index >= 15 is 0 Å². The van der Waals surface area contributed by atoms with E-state index in [0.717, 1.165) is 5.39 Å². The maximum Gasteiger partial charge on any atom is 0.317 e. The van der Waals surface area contributed by atoms with Crippen LogP contribution in [0.1, 0.15) is 6.42 Å². The molecular formula is C19H23N5O4. The molecule has 2 aliphatic heterocycles. The van der Waals surface area contributed by atoms with Gasteiger partial charge in [-0.15, -0.1) is 0 Å². The largest absolute Gasteiger partial charge is 0.361 e. The van der Waals surface area contributed by atoms with Gasteiger partial charge in [0, 0.05) is 25.5 Å². The van der Waals surface area contributed by atoms with E-state index in [1.165, 1.54) is 4.68 Å². The van der Waals surface area contributed by atoms with Crippen molar-refractivity contribution < 1.29 is 14.3 Å². The third kappa shape index (κ3) is 3.45. The molecule has 2 fully saturated rings. The van der Waals surface area contributed by atoms with Crippen LogP contribution >= 0.6 is 0 Å². The summed E-state index contributed by atoms with van der Waals surface area (Å²) in [4.78, 5) is 39.9. The lowest BCUT2D eigenvalue weighted by molar-refractivity contribution is -0.158. The number of fused-ring (bicyclic) bond motifs is 1. The number of benzene rings is 1. The summed E-state index contributed by atoms with van der Waals surface area (Å²) in [5.74, 6) is -0.0400. The first-order chi connectivity index (χ1) is 13.5. The normalized spacial score (nSPS) is 22.2. The van der Waals surface area contributed by atoms with Gasteiger partial charge >= 0.3 is 6.03 Å². The van der Waals surface area contributed by atoms with E-state index in [0.29, 0.717) is 44.5 Å². The molecule has 148 valence electrons. The number of hydrogen-bond acceptors (Lipinski definition) is 5. The lowest BCUT2D eigenvalue weighted by Crippen LogP contribution is -2.55. The molecule has 0 radical (unpaired) electrons. The van der Waals surface area contributed by atoms with Crippen molar-refractivity contribution in [1.29, 1.82) is 0 Å². The second-order valence-corrected chi connectivity index (χ2v) is 7.39. The molecule has 1 atom stereocenters. The Morgan fingerprint density at radius 2 is 2.11 bits per heavy atom. The second kappa shape index (κ2) is 7.23. The first-order valence-electron chi connectivity index (χ1n) is 9.33. The van der Waals surface area contributed by atoms with Crippen LogP contribution in [-0.4, -0.2) is 77.0 Å². The Hall–Kier alpha value is -2.94. The Kier molecular flexibility index (Phi) is 4.76. The number of urea groups is 1. The minimum absolute atomic E-state index is 0.0400. The Balaban J connectivity index is 1.33. The van der Waals surface area contributed by atoms with Gasteiger partial charge < -0.3 is 19.9 Å². The summed E-state index contributed by atoms with van der Waals surface area (Å²) < 4.78 is 7.11. The highest BCUT2D eigenvalue weighted by molar-refractivity contribution is 5.80. The first kappa shape index (κ1) is 18.4. The highest BCUT2D eigenvalue weighted by atomic mass is 16.5. The van der Waals surface area contributed by atoms with Gasteiger partial charge in [0.05, 0.1) is 31.2 Å². The number of hydrogen-bond donors (Lipinski definition) is 1. The van der Waals surface area contributed by atoms with Crippen LogP contribution in [0.15, 0.2) is 35.3 Å². The third-order valence-electron chi connectivity index (χ3n) is 5.42. The van der Waals surface area contributed by atoms with Gasteiger partial charge in [0.1, 0.15) is 12.2 Å². The molecule has 9 heteroatoms. The Morgan fingerprint density at radius 3 is 2.93 bits per heavy atom. The standard InChI is InChI=1S/C19H23N5O4/c1-22-12-19(28-11-16(22)25)6-8-23(13-19)18(27)20-7-9-24-17(26)15-5-3-2-4-14(15)10-21-24/h2-5,10H,6-9,11-13H2,1H3,(H,20,27)/t19-/m0/s1. The fourth-order valence-corrected chi connectivity index (χ4v) is 3.82. The monoisotopic (exact) mass is 385 g/mol. The quantitative estimate of drug-likeness (QED) is 0.805. The summed E-state index contributed by atoms with van der Waals surface area (Å²) in [5, 5.41) is 8.41. The molecule has 4 rings (SSSR count). The predicted octanol–water partition coefficient (Wildman–Crippen LogP) is 0.0392. The molecule has 2 aromatic rings. The molecule has 0 saturated carbocycles. The fourth-order valence-electron chi connectivity index (χ4n) is 3.82. The van der Waals surface area contributed by atoms with Crippen molar-refractivity contribution in [3.8, 4) is 0 Å². The molecule has 28 heavy (non-hydrogen) atoms. The lowest BCUT2D eigenvalue weighted by atomic mass is 10.0. The van der Waals surface area contributed by atoms with Crippen LogP contribution in [0.2, 0.25) is 0 Å². The van der Waals surface area contributed by atoms with Crippen LogP contribution in [0.5, 0.6) is 0 Å². The smallest absolute Gasteiger partial charge is 0.317 e. The van der Waals surface area contributed by atoms with Crippen molar-refractivity contribution in [2.45, 2.75) is 18.6 Å². The van der Waals surface area contributed by atoms with E-state index in [1.54, 1.807) is 29.1 Å². The lowest BCUT2D eigenvalue weighted by Gasteiger charge is -2.38. The number of ether oxygens (including phenoxy) is 1. The number of likely N-dealkylation sites (tertiary alicyclic amines) is 1. The zero-order chi connectivity index (χ0) is 19.7. The minimum atomic E-state index is -0.475. The number of carbonyl (C=O) groups is 2. The molecule has 0 bridgehead atoms. The number of carbonyl (C=O) groups excluding carboxylic acids is 2. The molecule has 0 unspecified atom stereocenters. The van der Waals surface area contributed by atoms with Crippen molar-refractivity contribution >= 4 is 22.7 Å². The molecule has 0 aliphatic carbocycles. The topological polar surface area (TPSA) is 96.8 Å². The van der Waals surface area contributed by atoms with Crippen LogP contribution in [0.3, 0.4) is 0 Å². The van der Waals surface area contributed by atoms with E-state index in [9.17, 15) is 14.4 Å². The summed E-state index contributed by atoms with van der Waals surface area (Å²) in [6.45, 7) is 2.16. The van der Waals surface area contributed by atoms with Crippen LogP contribution in [0.25, 0.3) is 10.8 Å². The minimum Gasteiger partial charge on any atom is -0.361 e. The van der Waals surface area contributed by atoms with Gasteiger partial charge in [-0.1, -0.05) is 18.2 Å². The average Bonchev–Trinajstić information content (AvgIpc) is 3.11. The van der Waals surface area contributed by atoms with Crippen molar-refractivity contribution in [3.05, 3.63) is 40.8 Å². The van der Waals surface area contributed by atoms with Crippen molar-refractivity contribution in [3.63, 3.8) is 0 Å². The first-order valence-corrected chi connectivity index (χ1v) is 9.33. The van der Waals surface area contributed by atoms with E-state index < -0.39 is 5.60 Å². The summed E-state index contributed by atoms with van der Waals surface area (Å²) in [6.07, 6.45) is 2.35. The molecule has 3 amide bonds. The van der Waals surface area contributed by atoms with E-state index in [-0.39, 0.29) is 24.1 Å². The van der Waals surface area contributed by atoms with Gasteiger partial charge in [-0.2, -0.15) is 5.10 Å². The average molecular weight is 385 g/mol. The van der Waals surface area contributed by atoms with Crippen LogP contribution in [-0.2, 0) is 16.1 Å². The highest BCUT2D eigenvalue weighted by Crippen LogP contribution is 2.29. The SMILES string of the molecule is CN1C[C@]2(CCN(C(=O)NCCn3ncc4ccccc4c3=O)C2)OCC1=O. The van der Waals surface area contributed by atoms with Crippen molar-refractivity contribution in [1.82, 2.24) is 24.9 Å². The summed E-state index contributed by atoms with van der Waals surface area (Å²) in [7, 11) is 1.75. The van der Waals surface area contributed by atoms with Gasteiger partial charge in [0.25, 0.3) is 5.56 Å². The number of amides is 3. The van der Waals surface area contributed by atoms with Crippen LogP contribution < -0.4 is 10.9 Å². The van der Waals surface area contributed by atoms with E-state index in [1.807, 2.05) is 18.2 Å². The molecule has 2 saturated heterocycles. The zero-order valence-corrected chi connectivity index (χ0v) is 15.8. The van der Waals surface area contributed by atoms with Gasteiger partial charge in [-0.05, 0) is 12.5 Å². The summed E-state index contributed by atoms with van der Waals surface area (Å²) in [5.41, 5.74) is -0.646. The Labute approximate surface area is 161 Å². The number of morpholine rings is 1. The number of aromatic nitrogens is 2.